The van der Waals surface area contributed by atoms with Crippen LogP contribution in [0.5, 0.6) is 0 Å². The number of amides is 2. The second kappa shape index (κ2) is 4.29. The minimum atomic E-state index is -1.32. The van der Waals surface area contributed by atoms with E-state index < -0.39 is 17.6 Å². The Hall–Kier alpha value is -1.99. The minimum absolute atomic E-state index is 0.101. The molecule has 0 spiro atoms. The molecule has 3 heterocycles. The monoisotopic (exact) mass is 272 g/mol. The molecule has 0 saturated carbocycles. The van der Waals surface area contributed by atoms with Crippen molar-refractivity contribution in [3.8, 4) is 0 Å². The molecule has 2 saturated heterocycles. The van der Waals surface area contributed by atoms with E-state index in [0.717, 1.165) is 0 Å². The van der Waals surface area contributed by atoms with Gasteiger partial charge in [0, 0.05) is 32.2 Å². The van der Waals surface area contributed by atoms with Gasteiger partial charge in [0.25, 0.3) is 5.95 Å². The highest BCUT2D eigenvalue weighted by molar-refractivity contribution is 5.77. The number of carbonyl (C=O) groups is 1. The zero-order valence-electron chi connectivity index (χ0n) is 9.87. The molecular weight excluding hydrogens is 261 g/mol. The predicted molar refractivity (Wildman–Crippen MR) is 60.2 cm³/mol. The van der Waals surface area contributed by atoms with Crippen molar-refractivity contribution in [2.75, 3.05) is 31.1 Å². The topological polar surface area (TPSA) is 48.5 Å². The predicted octanol–water partition coefficient (Wildman–Crippen LogP) is 0.713. The van der Waals surface area contributed by atoms with E-state index in [-0.39, 0.29) is 17.9 Å². The van der Waals surface area contributed by atoms with Crippen LogP contribution in [0, 0.1) is 17.6 Å². The van der Waals surface area contributed by atoms with E-state index >= 15 is 0 Å². The summed E-state index contributed by atoms with van der Waals surface area (Å²) in [7, 11) is 0. The fraction of sp³-hybridized carbons (Fsp3) is 0.455. The molecule has 1 aromatic rings. The third-order valence-electron chi connectivity index (χ3n) is 3.40. The van der Waals surface area contributed by atoms with Crippen LogP contribution in [0.15, 0.2) is 6.07 Å². The lowest BCUT2D eigenvalue weighted by Gasteiger charge is -2.37. The number of carbonyl (C=O) groups excluding carboxylic acids is 1. The summed E-state index contributed by atoms with van der Waals surface area (Å²) in [6.45, 7) is 1.53. The Bertz CT molecular complexity index is 539. The first-order valence-corrected chi connectivity index (χ1v) is 5.87. The summed E-state index contributed by atoms with van der Waals surface area (Å²) in [5, 5.41) is 2.68. The number of nitrogens with zero attached hydrogens (tertiary/aromatic N) is 3. The van der Waals surface area contributed by atoms with E-state index in [9.17, 15) is 18.0 Å². The zero-order chi connectivity index (χ0) is 13.6. The molecule has 102 valence electrons. The summed E-state index contributed by atoms with van der Waals surface area (Å²) in [5.41, 5.74) is 0. The molecule has 2 aliphatic heterocycles. The summed E-state index contributed by atoms with van der Waals surface area (Å²) >= 11 is 0. The number of halogens is 3. The summed E-state index contributed by atoms with van der Waals surface area (Å²) in [6.07, 6.45) is 0. The third-order valence-corrected chi connectivity index (χ3v) is 3.40. The first-order chi connectivity index (χ1) is 9.06. The maximum absolute atomic E-state index is 13.6. The average molecular weight is 272 g/mol. The second-order valence-electron chi connectivity index (χ2n) is 4.55. The first-order valence-electron chi connectivity index (χ1n) is 5.87. The van der Waals surface area contributed by atoms with Gasteiger partial charge < -0.3 is 15.1 Å². The van der Waals surface area contributed by atoms with Crippen molar-refractivity contribution < 1.29 is 18.0 Å². The van der Waals surface area contributed by atoms with E-state index in [2.05, 4.69) is 10.3 Å². The van der Waals surface area contributed by atoms with Gasteiger partial charge in [0.05, 0.1) is 6.04 Å². The summed E-state index contributed by atoms with van der Waals surface area (Å²) in [5.74, 6) is -3.74. The number of urea groups is 1. The number of anilines is 1. The van der Waals surface area contributed by atoms with Crippen molar-refractivity contribution in [1.82, 2.24) is 15.2 Å². The summed E-state index contributed by atoms with van der Waals surface area (Å²) in [4.78, 5) is 17.9. The van der Waals surface area contributed by atoms with Crippen molar-refractivity contribution in [1.29, 1.82) is 0 Å². The molecule has 19 heavy (non-hydrogen) atoms. The Balaban J connectivity index is 1.84. The van der Waals surface area contributed by atoms with Crippen LogP contribution in [-0.2, 0) is 0 Å². The summed E-state index contributed by atoms with van der Waals surface area (Å²) < 4.78 is 39.6. The largest absolute Gasteiger partial charge is 0.350 e. The highest BCUT2D eigenvalue weighted by Gasteiger charge is 2.36. The standard InChI is InChI=1S/C11H11F3N4O/c12-7-3-8(13)10(16-9(7)14)17-1-2-18-6(5-17)4-15-11(18)19/h3,6H,1-2,4-5H2,(H,15,19). The molecule has 0 radical (unpaired) electrons. The van der Waals surface area contributed by atoms with E-state index in [1.54, 1.807) is 4.90 Å². The first kappa shape index (κ1) is 12.1. The molecule has 1 aromatic heterocycles. The van der Waals surface area contributed by atoms with Gasteiger partial charge in [-0.15, -0.1) is 0 Å². The molecule has 0 aromatic carbocycles. The average Bonchev–Trinajstić information content (AvgIpc) is 2.75. The molecule has 2 aliphatic rings. The van der Waals surface area contributed by atoms with Crippen molar-refractivity contribution >= 4 is 11.8 Å². The molecule has 0 bridgehead atoms. The van der Waals surface area contributed by atoms with Crippen molar-refractivity contribution in [3.05, 3.63) is 23.6 Å². The Labute approximate surface area is 107 Å². The van der Waals surface area contributed by atoms with Gasteiger partial charge >= 0.3 is 6.03 Å². The third kappa shape index (κ3) is 1.96. The van der Waals surface area contributed by atoms with Crippen LogP contribution >= 0.6 is 0 Å². The molecular formula is C11H11F3N4O. The fourth-order valence-electron chi connectivity index (χ4n) is 2.45. The number of hydrogen-bond donors (Lipinski definition) is 1. The molecule has 2 amide bonds. The van der Waals surface area contributed by atoms with Crippen molar-refractivity contribution in [2.24, 2.45) is 0 Å². The molecule has 1 atom stereocenters. The normalized spacial score (nSPS) is 22.5. The van der Waals surface area contributed by atoms with Gasteiger partial charge in [-0.1, -0.05) is 0 Å². The second-order valence-corrected chi connectivity index (χ2v) is 4.55. The molecule has 5 nitrogen and oxygen atoms in total. The molecule has 8 heteroatoms. The van der Waals surface area contributed by atoms with E-state index in [1.807, 2.05) is 0 Å². The highest BCUT2D eigenvalue weighted by Crippen LogP contribution is 2.23. The van der Waals surface area contributed by atoms with Crippen LogP contribution in [0.2, 0.25) is 0 Å². The van der Waals surface area contributed by atoms with Crippen LogP contribution in [0.25, 0.3) is 0 Å². The van der Waals surface area contributed by atoms with E-state index in [0.29, 0.717) is 32.2 Å². The number of pyridine rings is 1. The summed E-state index contributed by atoms with van der Waals surface area (Å²) in [6, 6.07) is 0.237. The molecule has 2 fully saturated rings. The van der Waals surface area contributed by atoms with Crippen LogP contribution in [0.3, 0.4) is 0 Å². The number of piperazine rings is 1. The van der Waals surface area contributed by atoms with Crippen LogP contribution in [0.1, 0.15) is 0 Å². The van der Waals surface area contributed by atoms with Crippen LogP contribution < -0.4 is 10.2 Å². The number of hydrogen-bond acceptors (Lipinski definition) is 3. The quantitative estimate of drug-likeness (QED) is 0.766. The van der Waals surface area contributed by atoms with Gasteiger partial charge in [-0.2, -0.15) is 9.37 Å². The maximum atomic E-state index is 13.6. The molecule has 1 unspecified atom stereocenters. The Morgan fingerprint density at radius 3 is 2.84 bits per heavy atom. The van der Waals surface area contributed by atoms with Crippen LogP contribution in [-0.4, -0.2) is 48.1 Å². The van der Waals surface area contributed by atoms with E-state index in [1.165, 1.54) is 4.90 Å². The molecule has 0 aliphatic carbocycles. The Morgan fingerprint density at radius 1 is 1.26 bits per heavy atom. The molecule has 3 rings (SSSR count). The number of fused-ring (bicyclic) bond motifs is 1. The minimum Gasteiger partial charge on any atom is -0.350 e. The van der Waals surface area contributed by atoms with Gasteiger partial charge in [0.1, 0.15) is 0 Å². The fourth-order valence-corrected chi connectivity index (χ4v) is 2.45. The Kier molecular flexibility index (Phi) is 2.72. The number of aromatic nitrogens is 1. The lowest BCUT2D eigenvalue weighted by Crippen LogP contribution is -2.52. The van der Waals surface area contributed by atoms with Gasteiger partial charge in [-0.3, -0.25) is 0 Å². The SMILES string of the molecule is O=C1NCC2CN(c3nc(F)c(F)cc3F)CCN12. The lowest BCUT2D eigenvalue weighted by atomic mass is 10.2. The number of rotatable bonds is 1. The Morgan fingerprint density at radius 2 is 2.05 bits per heavy atom. The van der Waals surface area contributed by atoms with Crippen molar-refractivity contribution in [2.45, 2.75) is 6.04 Å². The lowest BCUT2D eigenvalue weighted by molar-refractivity contribution is 0.197. The van der Waals surface area contributed by atoms with Crippen LogP contribution in [0.4, 0.5) is 23.8 Å². The highest BCUT2D eigenvalue weighted by atomic mass is 19.2. The van der Waals surface area contributed by atoms with Crippen molar-refractivity contribution in [3.63, 3.8) is 0 Å². The zero-order valence-corrected chi connectivity index (χ0v) is 9.87. The van der Waals surface area contributed by atoms with Gasteiger partial charge in [0.15, 0.2) is 17.5 Å². The smallest absolute Gasteiger partial charge is 0.317 e. The van der Waals surface area contributed by atoms with Gasteiger partial charge in [-0.05, 0) is 0 Å². The van der Waals surface area contributed by atoms with Gasteiger partial charge in [-0.25, -0.2) is 13.6 Å². The number of nitrogens with one attached hydrogen (secondary N) is 1. The molecule has 1 N–H and O–H groups in total. The van der Waals surface area contributed by atoms with E-state index in [4.69, 9.17) is 0 Å². The maximum Gasteiger partial charge on any atom is 0.317 e. The van der Waals surface area contributed by atoms with Gasteiger partial charge in [0.2, 0.25) is 0 Å².